The molecule has 0 atom stereocenters. The monoisotopic (exact) mass is 203 g/mol. The van der Waals surface area contributed by atoms with E-state index >= 15 is 0 Å². The van der Waals surface area contributed by atoms with Crippen LogP contribution in [0, 0.1) is 25.2 Å². The van der Waals surface area contributed by atoms with Gasteiger partial charge in [-0.25, -0.2) is 4.79 Å². The van der Waals surface area contributed by atoms with Gasteiger partial charge in [0, 0.05) is 5.56 Å². The lowest BCUT2D eigenvalue weighted by molar-refractivity contribution is -0.131. The van der Waals surface area contributed by atoms with Gasteiger partial charge in [-0.15, -0.1) is 0 Å². The molecule has 1 N–H and O–H groups in total. The number of nitrogens with zero attached hydrogens (tertiary/aromatic N) is 1. The van der Waals surface area contributed by atoms with Crippen LogP contribution >= 0.6 is 0 Å². The summed E-state index contributed by atoms with van der Waals surface area (Å²) in [7, 11) is 0. The number of carbonyl (C=O) groups excluding carboxylic acids is 1. The van der Waals surface area contributed by atoms with Crippen molar-refractivity contribution in [3.8, 4) is 6.07 Å². The Balaban J connectivity index is 3.36. The van der Waals surface area contributed by atoms with Crippen LogP contribution in [0.2, 0.25) is 0 Å². The molecule has 0 saturated heterocycles. The van der Waals surface area contributed by atoms with Crippen molar-refractivity contribution >= 4 is 11.8 Å². The van der Waals surface area contributed by atoms with Gasteiger partial charge in [0.1, 0.15) is 0 Å². The molecule has 0 unspecified atom stereocenters. The molecule has 1 rings (SSSR count). The van der Waals surface area contributed by atoms with Crippen LogP contribution in [0.15, 0.2) is 12.1 Å². The topological polar surface area (TPSA) is 78.2 Å². The summed E-state index contributed by atoms with van der Waals surface area (Å²) >= 11 is 0. The maximum absolute atomic E-state index is 11.2. The number of rotatable bonds is 2. The molecule has 0 aliphatic heterocycles. The smallest absolute Gasteiger partial charge is 0.377 e. The molecule has 0 aliphatic carbocycles. The Kier molecular flexibility index (Phi) is 2.86. The molecule has 0 spiro atoms. The Labute approximate surface area is 86.8 Å². The SMILES string of the molecule is Cc1cc(C(=O)C(=O)O)cc(C#N)c1C. The average molecular weight is 203 g/mol. The summed E-state index contributed by atoms with van der Waals surface area (Å²) in [6, 6.07) is 4.71. The van der Waals surface area contributed by atoms with E-state index in [-0.39, 0.29) is 5.56 Å². The molecule has 15 heavy (non-hydrogen) atoms. The third-order valence-corrected chi connectivity index (χ3v) is 2.24. The van der Waals surface area contributed by atoms with Crippen molar-refractivity contribution in [2.24, 2.45) is 0 Å². The number of Topliss-reactive ketones (excluding diaryl/α,β-unsaturated/α-hetero) is 1. The van der Waals surface area contributed by atoms with Crippen LogP contribution in [0.1, 0.15) is 27.0 Å². The molecule has 76 valence electrons. The molecule has 0 bridgehead atoms. The van der Waals surface area contributed by atoms with Crippen LogP contribution in [0.4, 0.5) is 0 Å². The van der Waals surface area contributed by atoms with Crippen LogP contribution in [-0.2, 0) is 4.79 Å². The van der Waals surface area contributed by atoms with Crippen molar-refractivity contribution in [1.29, 1.82) is 5.26 Å². The van der Waals surface area contributed by atoms with Gasteiger partial charge >= 0.3 is 5.97 Å². The first-order valence-corrected chi connectivity index (χ1v) is 4.26. The number of nitriles is 1. The van der Waals surface area contributed by atoms with E-state index in [2.05, 4.69) is 0 Å². The molecule has 0 heterocycles. The van der Waals surface area contributed by atoms with Gasteiger partial charge in [-0.2, -0.15) is 5.26 Å². The van der Waals surface area contributed by atoms with Gasteiger partial charge in [0.15, 0.2) is 0 Å². The number of hydrogen-bond acceptors (Lipinski definition) is 3. The second-order valence-electron chi connectivity index (χ2n) is 3.21. The maximum atomic E-state index is 11.2. The lowest BCUT2D eigenvalue weighted by Crippen LogP contribution is -2.13. The number of carboxylic acid groups (broad SMARTS) is 1. The first kappa shape index (κ1) is 10.9. The molecular formula is C11H9NO3. The molecule has 0 aromatic heterocycles. The van der Waals surface area contributed by atoms with Crippen LogP contribution in [0.25, 0.3) is 0 Å². The maximum Gasteiger partial charge on any atom is 0.377 e. The number of aliphatic carboxylic acids is 1. The van der Waals surface area contributed by atoms with Gasteiger partial charge in [0.05, 0.1) is 11.6 Å². The summed E-state index contributed by atoms with van der Waals surface area (Å²) in [5.74, 6) is -2.50. The third kappa shape index (κ3) is 2.02. The highest BCUT2D eigenvalue weighted by atomic mass is 16.4. The Morgan fingerprint density at radius 3 is 2.40 bits per heavy atom. The summed E-state index contributed by atoms with van der Waals surface area (Å²) < 4.78 is 0. The second-order valence-corrected chi connectivity index (χ2v) is 3.21. The van der Waals surface area contributed by atoms with Gasteiger partial charge in [0.25, 0.3) is 5.78 Å². The van der Waals surface area contributed by atoms with Crippen LogP contribution < -0.4 is 0 Å². The van der Waals surface area contributed by atoms with E-state index in [0.717, 1.165) is 11.1 Å². The zero-order valence-electron chi connectivity index (χ0n) is 8.37. The minimum atomic E-state index is -1.51. The van der Waals surface area contributed by atoms with E-state index in [1.807, 2.05) is 6.07 Å². The zero-order valence-corrected chi connectivity index (χ0v) is 8.37. The van der Waals surface area contributed by atoms with E-state index in [1.54, 1.807) is 13.8 Å². The molecule has 4 heteroatoms. The predicted octanol–water partition coefficient (Wildman–Crippen LogP) is 1.44. The summed E-state index contributed by atoms with van der Waals surface area (Å²) in [6.45, 7) is 3.48. The average Bonchev–Trinajstić information content (AvgIpc) is 2.20. The summed E-state index contributed by atoms with van der Waals surface area (Å²) in [5.41, 5.74) is 1.87. The molecule has 1 aromatic rings. The Morgan fingerprint density at radius 2 is 1.93 bits per heavy atom. The highest BCUT2D eigenvalue weighted by Crippen LogP contribution is 2.16. The van der Waals surface area contributed by atoms with Crippen molar-refractivity contribution < 1.29 is 14.7 Å². The highest BCUT2D eigenvalue weighted by molar-refractivity contribution is 6.39. The number of hydrogen-bond donors (Lipinski definition) is 1. The largest absolute Gasteiger partial charge is 0.475 e. The molecule has 0 radical (unpaired) electrons. The molecule has 0 saturated carbocycles. The van der Waals surface area contributed by atoms with E-state index in [1.165, 1.54) is 12.1 Å². The van der Waals surface area contributed by atoms with Crippen LogP contribution in [0.5, 0.6) is 0 Å². The molecular weight excluding hydrogens is 194 g/mol. The predicted molar refractivity (Wildman–Crippen MR) is 52.6 cm³/mol. The van der Waals surface area contributed by atoms with Crippen molar-refractivity contribution in [2.75, 3.05) is 0 Å². The molecule has 0 aliphatic rings. The fourth-order valence-electron chi connectivity index (χ4n) is 1.23. The summed E-state index contributed by atoms with van der Waals surface area (Å²) in [4.78, 5) is 21.6. The quantitative estimate of drug-likeness (QED) is 0.582. The third-order valence-electron chi connectivity index (χ3n) is 2.24. The van der Waals surface area contributed by atoms with Gasteiger partial charge in [-0.1, -0.05) is 0 Å². The van der Waals surface area contributed by atoms with E-state index in [4.69, 9.17) is 10.4 Å². The van der Waals surface area contributed by atoms with Gasteiger partial charge < -0.3 is 5.11 Å². The first-order chi connectivity index (χ1) is 6.97. The number of ketones is 1. The summed E-state index contributed by atoms with van der Waals surface area (Å²) in [6.07, 6.45) is 0. The minimum absolute atomic E-state index is 0.0437. The Morgan fingerprint density at radius 1 is 1.33 bits per heavy atom. The lowest BCUT2D eigenvalue weighted by Gasteiger charge is -2.04. The van der Waals surface area contributed by atoms with Gasteiger partial charge in [-0.05, 0) is 37.1 Å². The molecule has 0 amide bonds. The number of aryl methyl sites for hydroxylation is 1. The fourth-order valence-corrected chi connectivity index (χ4v) is 1.23. The second kappa shape index (κ2) is 3.93. The fraction of sp³-hybridized carbons (Fsp3) is 0.182. The number of carbonyl (C=O) groups is 2. The minimum Gasteiger partial charge on any atom is -0.475 e. The van der Waals surface area contributed by atoms with Crippen molar-refractivity contribution in [3.63, 3.8) is 0 Å². The number of benzene rings is 1. The van der Waals surface area contributed by atoms with Gasteiger partial charge in [-0.3, -0.25) is 4.79 Å². The van der Waals surface area contributed by atoms with Crippen molar-refractivity contribution in [3.05, 3.63) is 34.4 Å². The Hall–Kier alpha value is -2.15. The van der Waals surface area contributed by atoms with E-state index < -0.39 is 11.8 Å². The van der Waals surface area contributed by atoms with Crippen molar-refractivity contribution in [1.82, 2.24) is 0 Å². The molecule has 1 aromatic carbocycles. The van der Waals surface area contributed by atoms with Gasteiger partial charge in [0.2, 0.25) is 0 Å². The standard InChI is InChI=1S/C11H9NO3/c1-6-3-8(10(13)11(14)15)4-9(5-12)7(6)2/h3-4H,1-2H3,(H,14,15). The van der Waals surface area contributed by atoms with Crippen LogP contribution in [-0.4, -0.2) is 16.9 Å². The Bertz CT molecular complexity index is 483. The van der Waals surface area contributed by atoms with Crippen molar-refractivity contribution in [2.45, 2.75) is 13.8 Å². The highest BCUT2D eigenvalue weighted by Gasteiger charge is 2.16. The molecule has 4 nitrogen and oxygen atoms in total. The van der Waals surface area contributed by atoms with Crippen LogP contribution in [0.3, 0.4) is 0 Å². The first-order valence-electron chi connectivity index (χ1n) is 4.26. The normalized spacial score (nSPS) is 9.40. The zero-order chi connectivity index (χ0) is 11.6. The molecule has 0 fully saturated rings. The van der Waals surface area contributed by atoms with E-state index in [0.29, 0.717) is 5.56 Å². The summed E-state index contributed by atoms with van der Waals surface area (Å²) in [5, 5.41) is 17.3. The number of carboxylic acids is 1. The van der Waals surface area contributed by atoms with E-state index in [9.17, 15) is 9.59 Å². The lowest BCUT2D eigenvalue weighted by atomic mass is 9.98.